The molecule has 9 rings (SSSR count). The third-order valence-corrected chi connectivity index (χ3v) is 10.8. The largest absolute Gasteiger partial charge is 0.246 e. The molecule has 3 heterocycles. The highest BCUT2D eigenvalue weighted by Crippen LogP contribution is 2.41. The molecule has 0 saturated carbocycles. The van der Waals surface area contributed by atoms with Crippen molar-refractivity contribution >= 4 is 43.1 Å². The summed E-state index contributed by atoms with van der Waals surface area (Å²) in [5.74, 6) is 0. The zero-order valence-electron chi connectivity index (χ0n) is 25.7. The number of nitrogens with zero attached hydrogens (tertiary/aromatic N) is 3. The molecule has 0 aliphatic rings. The lowest BCUT2D eigenvalue weighted by Crippen LogP contribution is -1.97. The number of fused-ring (bicyclic) bond motifs is 2. The van der Waals surface area contributed by atoms with Crippen molar-refractivity contribution in [1.82, 2.24) is 15.0 Å². The van der Waals surface area contributed by atoms with Gasteiger partial charge in [0.25, 0.3) is 0 Å². The summed E-state index contributed by atoms with van der Waals surface area (Å²) >= 11 is 3.44. The monoisotopic (exact) mass is 649 g/mol. The van der Waals surface area contributed by atoms with Gasteiger partial charge in [-0.3, -0.25) is 0 Å². The van der Waals surface area contributed by atoms with E-state index >= 15 is 0 Å². The maximum Gasteiger partial charge on any atom is 0.124 e. The molecule has 0 bridgehead atoms. The van der Waals surface area contributed by atoms with E-state index in [1.807, 2.05) is 12.1 Å². The van der Waals surface area contributed by atoms with Gasteiger partial charge < -0.3 is 0 Å². The van der Waals surface area contributed by atoms with Crippen LogP contribution in [0.15, 0.2) is 164 Å². The van der Waals surface area contributed by atoms with E-state index in [1.54, 1.807) is 22.7 Å². The number of aromatic nitrogens is 3. The fraction of sp³-hybridized carbons (Fsp3) is 0. The minimum Gasteiger partial charge on any atom is -0.246 e. The predicted molar refractivity (Wildman–Crippen MR) is 203 cm³/mol. The molecule has 226 valence electrons. The van der Waals surface area contributed by atoms with Crippen molar-refractivity contribution in [2.45, 2.75) is 0 Å². The Bertz CT molecular complexity index is 2290. The van der Waals surface area contributed by atoms with Crippen molar-refractivity contribution in [3.05, 3.63) is 164 Å². The molecule has 0 N–H and O–H groups in total. The highest BCUT2D eigenvalue weighted by atomic mass is 32.1. The van der Waals surface area contributed by atoms with Crippen LogP contribution in [0.4, 0.5) is 0 Å². The van der Waals surface area contributed by atoms with Crippen LogP contribution in [-0.2, 0) is 0 Å². The van der Waals surface area contributed by atoms with Crippen LogP contribution >= 0.6 is 22.7 Å². The van der Waals surface area contributed by atoms with Gasteiger partial charge in [0.1, 0.15) is 10.0 Å². The number of hydrogen-bond donors (Lipinski definition) is 0. The first-order chi connectivity index (χ1) is 23.8. The average Bonchev–Trinajstić information content (AvgIpc) is 3.80. The van der Waals surface area contributed by atoms with Gasteiger partial charge in [0.15, 0.2) is 0 Å². The molecule has 48 heavy (non-hydrogen) atoms. The summed E-state index contributed by atoms with van der Waals surface area (Å²) in [6.07, 6.45) is 0. The lowest BCUT2D eigenvalue weighted by atomic mass is 9.91. The van der Waals surface area contributed by atoms with E-state index < -0.39 is 0 Å². The van der Waals surface area contributed by atoms with Gasteiger partial charge in [0.2, 0.25) is 0 Å². The molecular weight excluding hydrogens is 623 g/mol. The van der Waals surface area contributed by atoms with E-state index in [0.717, 1.165) is 76.9 Å². The summed E-state index contributed by atoms with van der Waals surface area (Å²) in [4.78, 5) is 15.3. The highest BCUT2D eigenvalue weighted by Gasteiger charge is 2.18. The lowest BCUT2D eigenvalue weighted by molar-refractivity contribution is 1.32. The Hall–Kier alpha value is -5.75. The van der Waals surface area contributed by atoms with Gasteiger partial charge in [-0.25, -0.2) is 15.0 Å². The van der Waals surface area contributed by atoms with E-state index in [2.05, 4.69) is 152 Å². The van der Waals surface area contributed by atoms with Crippen LogP contribution in [0.5, 0.6) is 0 Å². The van der Waals surface area contributed by atoms with E-state index in [9.17, 15) is 0 Å². The van der Waals surface area contributed by atoms with E-state index in [1.165, 1.54) is 9.40 Å². The minimum atomic E-state index is 0.946. The fourth-order valence-corrected chi connectivity index (χ4v) is 8.10. The summed E-state index contributed by atoms with van der Waals surface area (Å²) in [6, 6.07) is 57.4. The van der Waals surface area contributed by atoms with Gasteiger partial charge in [-0.1, -0.05) is 133 Å². The maximum absolute atomic E-state index is 5.51. The lowest BCUT2D eigenvalue weighted by Gasteiger charge is -2.17. The van der Waals surface area contributed by atoms with Gasteiger partial charge in [0, 0.05) is 33.4 Å². The van der Waals surface area contributed by atoms with E-state index in [4.69, 9.17) is 15.0 Å². The SMILES string of the molecule is c1ccc(-c2cc(-c3ccccc3)c(-c3ccc(-c4nc5ccccc5s4)cc3)nc2-c2ccc(-c3nc4ccccc4s3)cc2)cc1. The van der Waals surface area contributed by atoms with Crippen LogP contribution < -0.4 is 0 Å². The van der Waals surface area contributed by atoms with E-state index in [0.29, 0.717) is 0 Å². The Balaban J connectivity index is 1.19. The Morgan fingerprint density at radius 1 is 0.312 bits per heavy atom. The Morgan fingerprint density at radius 2 is 0.688 bits per heavy atom. The third-order valence-electron chi connectivity index (χ3n) is 8.59. The van der Waals surface area contributed by atoms with Gasteiger partial charge in [-0.15, -0.1) is 22.7 Å². The molecule has 3 aromatic heterocycles. The number of rotatable bonds is 6. The van der Waals surface area contributed by atoms with Gasteiger partial charge in [-0.2, -0.15) is 0 Å². The topological polar surface area (TPSA) is 38.7 Å². The Morgan fingerprint density at radius 3 is 1.10 bits per heavy atom. The molecule has 0 atom stereocenters. The smallest absolute Gasteiger partial charge is 0.124 e. The van der Waals surface area contributed by atoms with Crippen LogP contribution in [0, 0.1) is 0 Å². The van der Waals surface area contributed by atoms with Crippen molar-refractivity contribution in [2.24, 2.45) is 0 Å². The zero-order chi connectivity index (χ0) is 31.9. The Kier molecular flexibility index (Phi) is 7.19. The molecule has 0 fully saturated rings. The molecule has 0 amide bonds. The van der Waals surface area contributed by atoms with Crippen molar-refractivity contribution in [3.63, 3.8) is 0 Å². The van der Waals surface area contributed by atoms with Crippen LogP contribution in [0.25, 0.3) is 86.3 Å². The quantitative estimate of drug-likeness (QED) is 0.180. The van der Waals surface area contributed by atoms with Crippen LogP contribution in [0.2, 0.25) is 0 Å². The summed E-state index contributed by atoms with van der Waals surface area (Å²) < 4.78 is 2.39. The number of para-hydroxylation sites is 2. The molecule has 9 aromatic rings. The van der Waals surface area contributed by atoms with E-state index in [-0.39, 0.29) is 0 Å². The molecule has 5 heteroatoms. The van der Waals surface area contributed by atoms with Crippen LogP contribution in [-0.4, -0.2) is 15.0 Å². The van der Waals surface area contributed by atoms with Crippen molar-refractivity contribution in [2.75, 3.05) is 0 Å². The zero-order valence-corrected chi connectivity index (χ0v) is 27.4. The van der Waals surface area contributed by atoms with Crippen LogP contribution in [0.1, 0.15) is 0 Å². The summed E-state index contributed by atoms with van der Waals surface area (Å²) in [5.41, 5.74) is 12.7. The molecule has 0 aliphatic carbocycles. The van der Waals surface area contributed by atoms with Gasteiger partial charge >= 0.3 is 0 Å². The number of pyridine rings is 1. The minimum absolute atomic E-state index is 0.946. The third kappa shape index (κ3) is 5.29. The van der Waals surface area contributed by atoms with Crippen molar-refractivity contribution < 1.29 is 0 Å². The predicted octanol–water partition coefficient (Wildman–Crippen LogP) is 12.3. The first-order valence-corrected chi connectivity index (χ1v) is 17.5. The number of thiazole rings is 2. The van der Waals surface area contributed by atoms with Gasteiger partial charge in [0.05, 0.1) is 31.8 Å². The molecular formula is C43H27N3S2. The Labute approximate surface area is 286 Å². The molecule has 0 aliphatic heterocycles. The summed E-state index contributed by atoms with van der Waals surface area (Å²) in [7, 11) is 0. The molecule has 0 spiro atoms. The second-order valence-electron chi connectivity index (χ2n) is 11.6. The first kappa shape index (κ1) is 28.5. The van der Waals surface area contributed by atoms with Crippen molar-refractivity contribution in [3.8, 4) is 65.9 Å². The second-order valence-corrected chi connectivity index (χ2v) is 13.7. The van der Waals surface area contributed by atoms with Crippen molar-refractivity contribution in [1.29, 1.82) is 0 Å². The molecule has 6 aromatic carbocycles. The molecule has 0 radical (unpaired) electrons. The highest BCUT2D eigenvalue weighted by molar-refractivity contribution is 7.22. The summed E-state index contributed by atoms with van der Waals surface area (Å²) in [5, 5.41) is 2.04. The van der Waals surface area contributed by atoms with Gasteiger partial charge in [-0.05, 0) is 41.5 Å². The molecule has 3 nitrogen and oxygen atoms in total. The molecule has 0 saturated heterocycles. The average molecular weight is 650 g/mol. The second kappa shape index (κ2) is 12.1. The standard InChI is InChI=1S/C43H27N3S2/c1-3-11-28(12-4-1)34-27-35(29-13-5-2-6-14-29)41(31-21-25-33(26-22-31)43-45-37-16-8-10-18-39(37)48-43)46-40(34)30-19-23-32(24-20-30)42-44-36-15-7-9-17-38(36)47-42/h1-27H. The fourth-order valence-electron chi connectivity index (χ4n) is 6.16. The van der Waals surface area contributed by atoms with Crippen LogP contribution in [0.3, 0.4) is 0 Å². The molecule has 0 unspecified atom stereocenters. The first-order valence-electron chi connectivity index (χ1n) is 15.9. The normalized spacial score (nSPS) is 11.3. The summed E-state index contributed by atoms with van der Waals surface area (Å²) in [6.45, 7) is 0. The number of hydrogen-bond acceptors (Lipinski definition) is 5. The number of benzene rings is 6. The maximum atomic E-state index is 5.51.